The lowest BCUT2D eigenvalue weighted by atomic mass is 10.2. The fourth-order valence-corrected chi connectivity index (χ4v) is 2.44. The number of nitrogens with one attached hydrogen (secondary N) is 2. The SMILES string of the molecule is CCOc1ccc(CNC(=O)NCCCN2CCOCC2)cc1. The molecule has 2 rings (SSSR count). The fraction of sp³-hybridized carbons (Fsp3) is 0.588. The van der Waals surface area contributed by atoms with Crippen molar-refractivity contribution in [2.24, 2.45) is 0 Å². The van der Waals surface area contributed by atoms with Crippen LogP contribution in [0.4, 0.5) is 4.79 Å². The topological polar surface area (TPSA) is 62.8 Å². The largest absolute Gasteiger partial charge is 0.494 e. The molecule has 0 spiro atoms. The van der Waals surface area contributed by atoms with Crippen LogP contribution in [0.15, 0.2) is 24.3 Å². The van der Waals surface area contributed by atoms with Gasteiger partial charge in [0.05, 0.1) is 19.8 Å². The molecule has 0 atom stereocenters. The number of nitrogens with zero attached hydrogens (tertiary/aromatic N) is 1. The summed E-state index contributed by atoms with van der Waals surface area (Å²) in [4.78, 5) is 14.1. The number of hydrogen-bond donors (Lipinski definition) is 2. The Bertz CT molecular complexity index is 459. The molecular weight excluding hydrogens is 294 g/mol. The molecule has 1 aromatic rings. The number of benzene rings is 1. The molecule has 1 heterocycles. The van der Waals surface area contributed by atoms with E-state index in [0.29, 0.717) is 19.7 Å². The van der Waals surface area contributed by atoms with Crippen molar-refractivity contribution in [2.75, 3.05) is 46.0 Å². The van der Waals surface area contributed by atoms with Gasteiger partial charge in [0.15, 0.2) is 0 Å². The summed E-state index contributed by atoms with van der Waals surface area (Å²) in [6.45, 7) is 8.43. The number of rotatable bonds is 8. The van der Waals surface area contributed by atoms with Crippen LogP contribution < -0.4 is 15.4 Å². The van der Waals surface area contributed by atoms with Crippen molar-refractivity contribution < 1.29 is 14.3 Å². The summed E-state index contributed by atoms with van der Waals surface area (Å²) in [6.07, 6.45) is 0.955. The molecule has 0 aliphatic carbocycles. The minimum absolute atomic E-state index is 0.124. The van der Waals surface area contributed by atoms with Gasteiger partial charge in [-0.15, -0.1) is 0 Å². The monoisotopic (exact) mass is 321 g/mol. The molecule has 128 valence electrons. The lowest BCUT2D eigenvalue weighted by Crippen LogP contribution is -2.39. The van der Waals surface area contributed by atoms with Gasteiger partial charge < -0.3 is 20.1 Å². The summed E-state index contributed by atoms with van der Waals surface area (Å²) in [5.41, 5.74) is 1.05. The minimum atomic E-state index is -0.124. The number of morpholine rings is 1. The molecule has 0 aromatic heterocycles. The molecular formula is C17H27N3O3. The van der Waals surface area contributed by atoms with E-state index in [9.17, 15) is 4.79 Å². The van der Waals surface area contributed by atoms with Crippen LogP contribution in [0, 0.1) is 0 Å². The third-order valence-electron chi connectivity index (χ3n) is 3.73. The van der Waals surface area contributed by atoms with E-state index in [1.165, 1.54) is 0 Å². The van der Waals surface area contributed by atoms with Crippen LogP contribution in [-0.4, -0.2) is 56.9 Å². The second kappa shape index (κ2) is 10.1. The van der Waals surface area contributed by atoms with Gasteiger partial charge in [-0.05, 0) is 37.6 Å². The molecule has 2 N–H and O–H groups in total. The Balaban J connectivity index is 1.55. The van der Waals surface area contributed by atoms with Crippen molar-refractivity contribution in [1.82, 2.24) is 15.5 Å². The molecule has 6 nitrogen and oxygen atoms in total. The van der Waals surface area contributed by atoms with Crippen molar-refractivity contribution in [3.05, 3.63) is 29.8 Å². The van der Waals surface area contributed by atoms with Crippen molar-refractivity contribution in [1.29, 1.82) is 0 Å². The normalized spacial score (nSPS) is 15.2. The lowest BCUT2D eigenvalue weighted by Gasteiger charge is -2.26. The van der Waals surface area contributed by atoms with Crippen LogP contribution in [0.1, 0.15) is 18.9 Å². The summed E-state index contributed by atoms with van der Waals surface area (Å²) in [7, 11) is 0. The molecule has 6 heteroatoms. The fourth-order valence-electron chi connectivity index (χ4n) is 2.44. The first kappa shape index (κ1) is 17.6. The minimum Gasteiger partial charge on any atom is -0.494 e. The van der Waals surface area contributed by atoms with Gasteiger partial charge in [0.25, 0.3) is 0 Å². The van der Waals surface area contributed by atoms with Crippen LogP contribution in [0.3, 0.4) is 0 Å². The maximum absolute atomic E-state index is 11.8. The maximum Gasteiger partial charge on any atom is 0.315 e. The zero-order valence-corrected chi connectivity index (χ0v) is 13.8. The van der Waals surface area contributed by atoms with Crippen molar-refractivity contribution in [3.63, 3.8) is 0 Å². The Morgan fingerprint density at radius 1 is 1.22 bits per heavy atom. The molecule has 0 saturated carbocycles. The molecule has 23 heavy (non-hydrogen) atoms. The molecule has 0 bridgehead atoms. The molecule has 1 saturated heterocycles. The second-order valence-electron chi connectivity index (χ2n) is 5.49. The first-order valence-electron chi connectivity index (χ1n) is 8.31. The molecule has 2 amide bonds. The zero-order chi connectivity index (χ0) is 16.3. The highest BCUT2D eigenvalue weighted by Crippen LogP contribution is 2.11. The summed E-state index contributed by atoms with van der Waals surface area (Å²) < 4.78 is 10.7. The van der Waals surface area contributed by atoms with E-state index in [1.807, 2.05) is 31.2 Å². The van der Waals surface area contributed by atoms with Crippen LogP contribution in [0.5, 0.6) is 5.75 Å². The second-order valence-corrected chi connectivity index (χ2v) is 5.49. The van der Waals surface area contributed by atoms with Gasteiger partial charge in [-0.25, -0.2) is 4.79 Å². The molecule has 1 aromatic carbocycles. The van der Waals surface area contributed by atoms with Gasteiger partial charge >= 0.3 is 6.03 Å². The highest BCUT2D eigenvalue weighted by atomic mass is 16.5. The number of ether oxygens (including phenoxy) is 2. The molecule has 0 radical (unpaired) electrons. The third kappa shape index (κ3) is 6.88. The average Bonchev–Trinajstić information content (AvgIpc) is 2.59. The molecule has 1 aliphatic heterocycles. The van der Waals surface area contributed by atoms with Crippen LogP contribution in [-0.2, 0) is 11.3 Å². The number of carbonyl (C=O) groups excluding carboxylic acids is 1. The first-order chi connectivity index (χ1) is 11.3. The predicted octanol–water partition coefficient (Wildman–Crippen LogP) is 1.61. The first-order valence-corrected chi connectivity index (χ1v) is 8.31. The van der Waals surface area contributed by atoms with Crippen molar-refractivity contribution >= 4 is 6.03 Å². The van der Waals surface area contributed by atoms with E-state index >= 15 is 0 Å². The smallest absolute Gasteiger partial charge is 0.315 e. The van der Waals surface area contributed by atoms with Gasteiger partial charge in [0.1, 0.15) is 5.75 Å². The molecule has 0 unspecified atom stereocenters. The van der Waals surface area contributed by atoms with Gasteiger partial charge in [0, 0.05) is 26.2 Å². The highest BCUT2D eigenvalue weighted by molar-refractivity contribution is 5.73. The Morgan fingerprint density at radius 3 is 2.65 bits per heavy atom. The summed E-state index contributed by atoms with van der Waals surface area (Å²) >= 11 is 0. The van der Waals surface area contributed by atoms with Crippen LogP contribution in [0.2, 0.25) is 0 Å². The summed E-state index contributed by atoms with van der Waals surface area (Å²) in [6, 6.07) is 7.63. The van der Waals surface area contributed by atoms with E-state index in [0.717, 1.165) is 50.6 Å². The van der Waals surface area contributed by atoms with E-state index in [2.05, 4.69) is 15.5 Å². The predicted molar refractivity (Wildman–Crippen MR) is 89.7 cm³/mol. The van der Waals surface area contributed by atoms with Gasteiger partial charge in [-0.3, -0.25) is 4.90 Å². The van der Waals surface area contributed by atoms with Crippen molar-refractivity contribution in [3.8, 4) is 5.75 Å². The van der Waals surface area contributed by atoms with E-state index in [-0.39, 0.29) is 6.03 Å². The Hall–Kier alpha value is -1.79. The van der Waals surface area contributed by atoms with E-state index in [4.69, 9.17) is 9.47 Å². The van der Waals surface area contributed by atoms with Crippen LogP contribution >= 0.6 is 0 Å². The summed E-state index contributed by atoms with van der Waals surface area (Å²) in [5.74, 6) is 0.851. The maximum atomic E-state index is 11.8. The average molecular weight is 321 g/mol. The molecule has 1 aliphatic rings. The van der Waals surface area contributed by atoms with E-state index < -0.39 is 0 Å². The van der Waals surface area contributed by atoms with Crippen LogP contribution in [0.25, 0.3) is 0 Å². The van der Waals surface area contributed by atoms with Gasteiger partial charge in [-0.2, -0.15) is 0 Å². The third-order valence-corrected chi connectivity index (χ3v) is 3.73. The quantitative estimate of drug-likeness (QED) is 0.714. The van der Waals surface area contributed by atoms with Gasteiger partial charge in [0.2, 0.25) is 0 Å². The van der Waals surface area contributed by atoms with E-state index in [1.54, 1.807) is 0 Å². The molecule has 1 fully saturated rings. The number of urea groups is 1. The number of carbonyl (C=O) groups is 1. The van der Waals surface area contributed by atoms with Gasteiger partial charge in [-0.1, -0.05) is 12.1 Å². The zero-order valence-electron chi connectivity index (χ0n) is 13.8. The lowest BCUT2D eigenvalue weighted by molar-refractivity contribution is 0.0375. The number of amides is 2. The Morgan fingerprint density at radius 2 is 1.96 bits per heavy atom. The van der Waals surface area contributed by atoms with Crippen molar-refractivity contribution in [2.45, 2.75) is 19.9 Å². The Labute approximate surface area is 138 Å². The standard InChI is InChI=1S/C17H27N3O3/c1-2-23-16-6-4-15(5-7-16)14-19-17(21)18-8-3-9-20-10-12-22-13-11-20/h4-7H,2-3,8-14H2,1H3,(H2,18,19,21). The summed E-state index contributed by atoms with van der Waals surface area (Å²) in [5, 5.41) is 5.76. The number of hydrogen-bond acceptors (Lipinski definition) is 4. The Kier molecular flexibility index (Phi) is 7.69. The highest BCUT2D eigenvalue weighted by Gasteiger charge is 2.09.